The summed E-state index contributed by atoms with van der Waals surface area (Å²) in [6.45, 7) is 1.56. The number of nitrogen functional groups attached to an aromatic ring is 1. The van der Waals surface area contributed by atoms with Crippen LogP contribution in [0, 0.1) is 18.6 Å². The zero-order valence-electron chi connectivity index (χ0n) is 10.8. The Morgan fingerprint density at radius 2 is 1.86 bits per heavy atom. The Bertz CT molecular complexity index is 810. The summed E-state index contributed by atoms with van der Waals surface area (Å²) in [4.78, 5) is -0.247. The number of hydrogen-bond acceptors (Lipinski definition) is 3. The van der Waals surface area contributed by atoms with Gasteiger partial charge in [-0.3, -0.25) is 4.72 Å². The molecular formula is C13H11BrF2N2O2S. The van der Waals surface area contributed by atoms with E-state index in [1.165, 1.54) is 12.1 Å². The SMILES string of the molecule is Cc1cc(F)c(Br)cc1NS(=O)(=O)c1ccc(F)cc1N. The summed E-state index contributed by atoms with van der Waals surface area (Å²) in [5.74, 6) is -1.14. The van der Waals surface area contributed by atoms with E-state index in [-0.39, 0.29) is 20.7 Å². The molecule has 0 heterocycles. The summed E-state index contributed by atoms with van der Waals surface area (Å²) < 4.78 is 53.3. The van der Waals surface area contributed by atoms with Crippen LogP contribution in [0.25, 0.3) is 0 Å². The van der Waals surface area contributed by atoms with Crippen molar-refractivity contribution >= 4 is 37.3 Å². The molecular weight excluding hydrogens is 366 g/mol. The molecule has 3 N–H and O–H groups in total. The molecule has 0 aliphatic carbocycles. The van der Waals surface area contributed by atoms with Crippen molar-refractivity contribution in [3.05, 3.63) is 52.0 Å². The third kappa shape index (κ3) is 3.33. The van der Waals surface area contributed by atoms with E-state index in [4.69, 9.17) is 5.73 Å². The second-order valence-electron chi connectivity index (χ2n) is 4.37. The summed E-state index contributed by atoms with van der Waals surface area (Å²) in [5, 5.41) is 0. The number of sulfonamides is 1. The van der Waals surface area contributed by atoms with Crippen molar-refractivity contribution in [3.8, 4) is 0 Å². The standard InChI is InChI=1S/C13H11BrF2N2O2S/c1-7-4-10(16)9(14)6-12(7)18-21(19,20)13-3-2-8(15)5-11(13)17/h2-6,18H,17H2,1H3. The van der Waals surface area contributed by atoms with Gasteiger partial charge in [-0.15, -0.1) is 0 Å². The Balaban J connectivity index is 2.45. The van der Waals surface area contributed by atoms with Gasteiger partial charge < -0.3 is 5.73 Å². The van der Waals surface area contributed by atoms with E-state index in [0.717, 1.165) is 18.2 Å². The van der Waals surface area contributed by atoms with Crippen molar-refractivity contribution in [2.24, 2.45) is 0 Å². The molecule has 8 heteroatoms. The predicted octanol–water partition coefficient (Wildman–Crippen LogP) is 3.42. The van der Waals surface area contributed by atoms with Gasteiger partial charge in [0.2, 0.25) is 0 Å². The molecule has 0 spiro atoms. The molecule has 0 unspecified atom stereocenters. The molecule has 2 rings (SSSR count). The Kier molecular flexibility index (Phi) is 4.20. The molecule has 4 nitrogen and oxygen atoms in total. The molecule has 0 aromatic heterocycles. The molecule has 0 bridgehead atoms. The molecule has 112 valence electrons. The smallest absolute Gasteiger partial charge is 0.263 e. The van der Waals surface area contributed by atoms with Crippen LogP contribution in [0.3, 0.4) is 0 Å². The molecule has 0 amide bonds. The lowest BCUT2D eigenvalue weighted by Crippen LogP contribution is -2.15. The zero-order chi connectivity index (χ0) is 15.8. The number of benzene rings is 2. The summed E-state index contributed by atoms with van der Waals surface area (Å²) in [6.07, 6.45) is 0. The maximum absolute atomic E-state index is 13.3. The lowest BCUT2D eigenvalue weighted by Gasteiger charge is -2.13. The first kappa shape index (κ1) is 15.7. The quantitative estimate of drug-likeness (QED) is 0.806. The highest BCUT2D eigenvalue weighted by Gasteiger charge is 2.19. The first-order chi connectivity index (χ1) is 9.70. The maximum atomic E-state index is 13.3. The van der Waals surface area contributed by atoms with E-state index < -0.39 is 21.7 Å². The number of nitrogens with one attached hydrogen (secondary N) is 1. The lowest BCUT2D eigenvalue weighted by atomic mass is 10.2. The fraction of sp³-hybridized carbons (Fsp3) is 0.0769. The van der Waals surface area contributed by atoms with Gasteiger partial charge >= 0.3 is 0 Å². The molecule has 0 radical (unpaired) electrons. The van der Waals surface area contributed by atoms with Gasteiger partial charge in [0.15, 0.2) is 0 Å². The highest BCUT2D eigenvalue weighted by atomic mass is 79.9. The molecule has 2 aromatic rings. The van der Waals surface area contributed by atoms with Crippen LogP contribution in [0.15, 0.2) is 39.7 Å². The minimum Gasteiger partial charge on any atom is -0.398 e. The van der Waals surface area contributed by atoms with Crippen molar-refractivity contribution < 1.29 is 17.2 Å². The van der Waals surface area contributed by atoms with Gasteiger partial charge in [0, 0.05) is 0 Å². The van der Waals surface area contributed by atoms with Crippen LogP contribution in [0.1, 0.15) is 5.56 Å². The Morgan fingerprint density at radius 1 is 1.19 bits per heavy atom. The average Bonchev–Trinajstić information content (AvgIpc) is 2.35. The van der Waals surface area contributed by atoms with Gasteiger partial charge in [0.05, 0.1) is 15.8 Å². The van der Waals surface area contributed by atoms with E-state index in [2.05, 4.69) is 20.7 Å². The molecule has 0 aliphatic heterocycles. The molecule has 0 saturated heterocycles. The van der Waals surface area contributed by atoms with E-state index >= 15 is 0 Å². The number of hydrogen-bond donors (Lipinski definition) is 2. The lowest BCUT2D eigenvalue weighted by molar-refractivity contribution is 0.600. The second kappa shape index (κ2) is 5.61. The van der Waals surface area contributed by atoms with Crippen molar-refractivity contribution in [1.82, 2.24) is 0 Å². The van der Waals surface area contributed by atoms with Crippen molar-refractivity contribution in [3.63, 3.8) is 0 Å². The van der Waals surface area contributed by atoms with Crippen LogP contribution in [-0.4, -0.2) is 8.42 Å². The van der Waals surface area contributed by atoms with Crippen molar-refractivity contribution in [2.75, 3.05) is 10.5 Å². The Hall–Kier alpha value is -1.67. The van der Waals surface area contributed by atoms with Crippen LogP contribution in [0.5, 0.6) is 0 Å². The molecule has 0 aliphatic rings. The largest absolute Gasteiger partial charge is 0.398 e. The monoisotopic (exact) mass is 376 g/mol. The van der Waals surface area contributed by atoms with Crippen LogP contribution in [-0.2, 0) is 10.0 Å². The molecule has 0 saturated carbocycles. The fourth-order valence-electron chi connectivity index (χ4n) is 1.72. The van der Waals surface area contributed by atoms with Gasteiger partial charge in [-0.05, 0) is 58.7 Å². The highest BCUT2D eigenvalue weighted by Crippen LogP contribution is 2.28. The van der Waals surface area contributed by atoms with E-state index in [9.17, 15) is 17.2 Å². The zero-order valence-corrected chi connectivity index (χ0v) is 13.2. The molecule has 0 fully saturated rings. The van der Waals surface area contributed by atoms with Crippen LogP contribution in [0.4, 0.5) is 20.2 Å². The van der Waals surface area contributed by atoms with Crippen LogP contribution < -0.4 is 10.5 Å². The summed E-state index contributed by atoms with van der Waals surface area (Å²) in [5.41, 5.74) is 5.92. The predicted molar refractivity (Wildman–Crippen MR) is 80.5 cm³/mol. The summed E-state index contributed by atoms with van der Waals surface area (Å²) >= 11 is 2.98. The number of nitrogens with two attached hydrogens (primary N) is 1. The highest BCUT2D eigenvalue weighted by molar-refractivity contribution is 9.10. The van der Waals surface area contributed by atoms with E-state index in [0.29, 0.717) is 5.56 Å². The van der Waals surface area contributed by atoms with Gasteiger partial charge in [0.25, 0.3) is 10.0 Å². The Labute approximate surface area is 129 Å². The van der Waals surface area contributed by atoms with Gasteiger partial charge in [-0.2, -0.15) is 0 Å². The fourth-order valence-corrected chi connectivity index (χ4v) is 3.30. The third-order valence-corrected chi connectivity index (χ3v) is 4.82. The number of halogens is 3. The summed E-state index contributed by atoms with van der Waals surface area (Å²) in [7, 11) is -4.00. The number of aryl methyl sites for hydroxylation is 1. The van der Waals surface area contributed by atoms with Crippen LogP contribution >= 0.6 is 15.9 Å². The molecule has 21 heavy (non-hydrogen) atoms. The minimum atomic E-state index is -4.00. The maximum Gasteiger partial charge on any atom is 0.263 e. The average molecular weight is 377 g/mol. The normalized spacial score (nSPS) is 11.4. The molecule has 2 aromatic carbocycles. The molecule has 0 atom stereocenters. The van der Waals surface area contributed by atoms with Crippen molar-refractivity contribution in [1.29, 1.82) is 0 Å². The topological polar surface area (TPSA) is 72.2 Å². The number of rotatable bonds is 3. The Morgan fingerprint density at radius 3 is 2.48 bits per heavy atom. The van der Waals surface area contributed by atoms with Gasteiger partial charge in [0.1, 0.15) is 16.5 Å². The first-order valence-corrected chi connectivity index (χ1v) is 8.02. The summed E-state index contributed by atoms with van der Waals surface area (Å²) in [6, 6.07) is 5.49. The third-order valence-electron chi connectivity index (χ3n) is 2.77. The van der Waals surface area contributed by atoms with Crippen molar-refractivity contribution in [2.45, 2.75) is 11.8 Å². The van der Waals surface area contributed by atoms with Crippen LogP contribution in [0.2, 0.25) is 0 Å². The van der Waals surface area contributed by atoms with E-state index in [1.54, 1.807) is 6.92 Å². The number of anilines is 2. The first-order valence-electron chi connectivity index (χ1n) is 5.74. The van der Waals surface area contributed by atoms with E-state index in [1.807, 2.05) is 0 Å². The van der Waals surface area contributed by atoms with Gasteiger partial charge in [-0.1, -0.05) is 0 Å². The second-order valence-corrected chi connectivity index (χ2v) is 6.87. The van der Waals surface area contributed by atoms with Gasteiger partial charge in [-0.25, -0.2) is 17.2 Å². The minimum absolute atomic E-state index is 0.123.